The second-order valence-electron chi connectivity index (χ2n) is 7.94. The molecule has 0 saturated heterocycles. The lowest BCUT2D eigenvalue weighted by atomic mass is 10.1. The number of furan rings is 1. The number of amides is 2. The van der Waals surface area contributed by atoms with Crippen LogP contribution in [0.5, 0.6) is 0 Å². The van der Waals surface area contributed by atoms with Crippen molar-refractivity contribution in [1.29, 1.82) is 0 Å². The van der Waals surface area contributed by atoms with Gasteiger partial charge in [0, 0.05) is 17.6 Å². The number of primary amides is 1. The van der Waals surface area contributed by atoms with Gasteiger partial charge < -0.3 is 14.9 Å². The Morgan fingerprint density at radius 2 is 1.91 bits per heavy atom. The van der Waals surface area contributed by atoms with E-state index in [2.05, 4.69) is 21.6 Å². The minimum atomic E-state index is -0.901. The van der Waals surface area contributed by atoms with E-state index in [0.29, 0.717) is 10.9 Å². The van der Waals surface area contributed by atoms with Gasteiger partial charge in [0.05, 0.1) is 12.1 Å². The first-order chi connectivity index (χ1) is 16.7. The highest BCUT2D eigenvalue weighted by atomic mass is 32.2. The summed E-state index contributed by atoms with van der Waals surface area (Å²) < 4.78 is 12.4. The number of thioether (sulfide) groups is 1. The molecule has 0 atom stereocenters. The van der Waals surface area contributed by atoms with Crippen LogP contribution >= 0.6 is 11.8 Å². The molecule has 0 saturated carbocycles. The Hall–Kier alpha value is -3.86. The third-order valence-electron chi connectivity index (χ3n) is 5.51. The van der Waals surface area contributed by atoms with E-state index in [9.17, 15) is 14.4 Å². The Balaban J connectivity index is 1.51. The molecule has 0 fully saturated rings. The Labute approximate surface area is 205 Å². The number of benzene rings is 1. The molecule has 3 aromatic heterocycles. The van der Waals surface area contributed by atoms with Gasteiger partial charge in [-0.25, -0.2) is 4.79 Å². The van der Waals surface area contributed by atoms with Gasteiger partial charge in [-0.05, 0) is 44.9 Å². The molecule has 3 N–H and O–H groups in total. The Kier molecular flexibility index (Phi) is 6.79. The Morgan fingerprint density at radius 3 is 2.63 bits per heavy atom. The molecule has 0 spiro atoms. The zero-order valence-corrected chi connectivity index (χ0v) is 20.6. The maximum atomic E-state index is 12.6. The van der Waals surface area contributed by atoms with Gasteiger partial charge in [-0.3, -0.25) is 19.3 Å². The van der Waals surface area contributed by atoms with Gasteiger partial charge in [0.15, 0.2) is 10.8 Å². The molecule has 0 unspecified atom stereocenters. The SMILES string of the molecule is CCOC(=O)c1c(C)oc(NC(=O)CCSc2nnc3cc(C)c4cccc(C)c4n23)c1C(N)=O. The zero-order valence-electron chi connectivity index (χ0n) is 19.8. The summed E-state index contributed by atoms with van der Waals surface area (Å²) in [6.45, 7) is 7.33. The van der Waals surface area contributed by atoms with Crippen molar-refractivity contribution in [3.8, 4) is 0 Å². The van der Waals surface area contributed by atoms with Gasteiger partial charge in [0.2, 0.25) is 11.8 Å². The summed E-state index contributed by atoms with van der Waals surface area (Å²) in [6, 6.07) is 8.10. The molecule has 35 heavy (non-hydrogen) atoms. The molecule has 4 rings (SSSR count). The molecule has 10 nitrogen and oxygen atoms in total. The number of pyridine rings is 1. The monoisotopic (exact) mass is 495 g/mol. The first-order valence-corrected chi connectivity index (χ1v) is 12.0. The minimum Gasteiger partial charge on any atom is -0.462 e. The second kappa shape index (κ2) is 9.79. The van der Waals surface area contributed by atoms with E-state index in [0.717, 1.165) is 27.7 Å². The maximum absolute atomic E-state index is 12.6. The van der Waals surface area contributed by atoms with Gasteiger partial charge in [-0.1, -0.05) is 30.0 Å². The van der Waals surface area contributed by atoms with E-state index >= 15 is 0 Å². The summed E-state index contributed by atoms with van der Waals surface area (Å²) in [5.74, 6) is -1.69. The van der Waals surface area contributed by atoms with Gasteiger partial charge in [0.1, 0.15) is 16.9 Å². The molecule has 0 bridgehead atoms. The number of ether oxygens (including phenoxy) is 1. The number of carbonyl (C=O) groups is 3. The van der Waals surface area contributed by atoms with Crippen LogP contribution in [0.3, 0.4) is 0 Å². The molecule has 3 heterocycles. The Morgan fingerprint density at radius 1 is 1.14 bits per heavy atom. The molecule has 182 valence electrons. The predicted molar refractivity (Wildman–Crippen MR) is 132 cm³/mol. The fraction of sp³-hybridized carbons (Fsp3) is 0.292. The number of nitrogens with one attached hydrogen (secondary N) is 1. The predicted octanol–water partition coefficient (Wildman–Crippen LogP) is 3.80. The van der Waals surface area contributed by atoms with Crippen molar-refractivity contribution >= 4 is 52.0 Å². The number of nitrogens with two attached hydrogens (primary N) is 1. The highest BCUT2D eigenvalue weighted by Crippen LogP contribution is 2.30. The van der Waals surface area contributed by atoms with E-state index in [1.54, 1.807) is 6.92 Å². The first-order valence-electron chi connectivity index (χ1n) is 11.0. The number of aryl methyl sites for hydroxylation is 3. The van der Waals surface area contributed by atoms with Crippen LogP contribution in [0.4, 0.5) is 5.88 Å². The summed E-state index contributed by atoms with van der Waals surface area (Å²) in [7, 11) is 0. The van der Waals surface area contributed by atoms with Gasteiger partial charge in [0.25, 0.3) is 5.91 Å². The topological polar surface area (TPSA) is 142 Å². The maximum Gasteiger partial charge on any atom is 0.342 e. The molecule has 0 aliphatic carbocycles. The van der Waals surface area contributed by atoms with Crippen LogP contribution < -0.4 is 11.1 Å². The lowest BCUT2D eigenvalue weighted by Gasteiger charge is -2.10. The molecule has 1 aromatic carbocycles. The van der Waals surface area contributed by atoms with Crippen molar-refractivity contribution in [3.05, 3.63) is 52.3 Å². The van der Waals surface area contributed by atoms with Crippen LogP contribution in [-0.2, 0) is 9.53 Å². The fourth-order valence-electron chi connectivity index (χ4n) is 3.96. The van der Waals surface area contributed by atoms with E-state index in [1.165, 1.54) is 18.7 Å². The lowest BCUT2D eigenvalue weighted by Crippen LogP contribution is -2.20. The molecule has 0 radical (unpaired) electrons. The number of nitrogens with zero attached hydrogens (tertiary/aromatic N) is 3. The minimum absolute atomic E-state index is 0.0866. The molecule has 0 aliphatic heterocycles. The number of aromatic nitrogens is 3. The normalized spacial score (nSPS) is 11.2. The fourth-order valence-corrected chi connectivity index (χ4v) is 4.85. The summed E-state index contributed by atoms with van der Waals surface area (Å²) in [4.78, 5) is 36.8. The van der Waals surface area contributed by atoms with Gasteiger partial charge in [-0.2, -0.15) is 0 Å². The molecular weight excluding hydrogens is 470 g/mol. The number of para-hydroxylation sites is 1. The van der Waals surface area contributed by atoms with Crippen LogP contribution in [0, 0.1) is 20.8 Å². The van der Waals surface area contributed by atoms with E-state index in [1.807, 2.05) is 36.4 Å². The molecule has 2 amide bonds. The summed E-state index contributed by atoms with van der Waals surface area (Å²) in [6.07, 6.45) is 0.0923. The van der Waals surface area contributed by atoms with E-state index in [-0.39, 0.29) is 35.8 Å². The second-order valence-corrected chi connectivity index (χ2v) is 9.01. The van der Waals surface area contributed by atoms with Crippen LogP contribution in [0.1, 0.15) is 50.9 Å². The Bertz CT molecular complexity index is 1470. The van der Waals surface area contributed by atoms with E-state index in [4.69, 9.17) is 14.9 Å². The van der Waals surface area contributed by atoms with E-state index < -0.39 is 17.8 Å². The van der Waals surface area contributed by atoms with Crippen molar-refractivity contribution in [2.45, 2.75) is 39.3 Å². The van der Waals surface area contributed by atoms with Crippen molar-refractivity contribution < 1.29 is 23.5 Å². The number of fused-ring (bicyclic) bond motifs is 3. The number of rotatable bonds is 8. The van der Waals surface area contributed by atoms with Crippen LogP contribution in [-0.4, -0.2) is 44.7 Å². The number of anilines is 1. The highest BCUT2D eigenvalue weighted by molar-refractivity contribution is 7.99. The molecular formula is C24H25N5O5S. The third kappa shape index (κ3) is 4.59. The largest absolute Gasteiger partial charge is 0.462 e. The zero-order chi connectivity index (χ0) is 25.3. The van der Waals surface area contributed by atoms with Crippen molar-refractivity contribution in [3.63, 3.8) is 0 Å². The van der Waals surface area contributed by atoms with Crippen LogP contribution in [0.25, 0.3) is 16.6 Å². The average molecular weight is 496 g/mol. The third-order valence-corrected chi connectivity index (χ3v) is 6.44. The molecule has 4 aromatic rings. The average Bonchev–Trinajstić information content (AvgIpc) is 3.34. The number of hydrogen-bond donors (Lipinski definition) is 2. The summed E-state index contributed by atoms with van der Waals surface area (Å²) in [5, 5.41) is 12.9. The highest BCUT2D eigenvalue weighted by Gasteiger charge is 2.29. The molecule has 11 heteroatoms. The quantitative estimate of drug-likeness (QED) is 0.278. The standard InChI is InChI=1S/C24H25N5O5S/c1-5-33-23(32)18-14(4)34-22(19(18)21(25)31)26-17(30)9-10-35-24-28-27-16-11-13(3)15-8-6-7-12(2)20(15)29(16)24/h6-8,11H,5,9-10H2,1-4H3,(H2,25,31)(H,26,30). The number of carbonyl (C=O) groups excluding carboxylic acids is 3. The number of hydrogen-bond acceptors (Lipinski definition) is 8. The first kappa shape index (κ1) is 24.3. The van der Waals surface area contributed by atoms with Crippen molar-refractivity contribution in [2.24, 2.45) is 5.73 Å². The smallest absolute Gasteiger partial charge is 0.342 e. The summed E-state index contributed by atoms with van der Waals surface area (Å²) >= 11 is 1.39. The van der Waals surface area contributed by atoms with Crippen molar-refractivity contribution in [2.75, 3.05) is 17.7 Å². The molecule has 0 aliphatic rings. The van der Waals surface area contributed by atoms with Gasteiger partial charge >= 0.3 is 5.97 Å². The van der Waals surface area contributed by atoms with Crippen molar-refractivity contribution in [1.82, 2.24) is 14.6 Å². The lowest BCUT2D eigenvalue weighted by molar-refractivity contribution is -0.115. The summed E-state index contributed by atoms with van der Waals surface area (Å²) in [5.41, 5.74) is 9.13. The van der Waals surface area contributed by atoms with Crippen LogP contribution in [0.2, 0.25) is 0 Å². The number of esters is 1. The van der Waals surface area contributed by atoms with Crippen LogP contribution in [0.15, 0.2) is 33.8 Å². The van der Waals surface area contributed by atoms with Gasteiger partial charge in [-0.15, -0.1) is 10.2 Å².